The minimum absolute atomic E-state index is 0.302. The molecule has 2 aromatic rings. The zero-order chi connectivity index (χ0) is 15.2. The normalized spacial score (nSPS) is 10.7. The summed E-state index contributed by atoms with van der Waals surface area (Å²) in [6, 6.07) is 3.35. The van der Waals surface area contributed by atoms with Gasteiger partial charge in [-0.25, -0.2) is 4.79 Å². The Hall–Kier alpha value is -2.96. The van der Waals surface area contributed by atoms with E-state index in [9.17, 15) is 9.59 Å². The first-order valence-electron chi connectivity index (χ1n) is 6.18. The van der Waals surface area contributed by atoms with Gasteiger partial charge in [0.25, 0.3) is 5.91 Å². The molecule has 0 fully saturated rings. The first kappa shape index (κ1) is 14.4. The topological polar surface area (TPSA) is 97.1 Å². The van der Waals surface area contributed by atoms with Gasteiger partial charge >= 0.3 is 5.97 Å². The van der Waals surface area contributed by atoms with E-state index < -0.39 is 5.97 Å². The number of aliphatic carboxylic acids is 1. The lowest BCUT2D eigenvalue weighted by molar-refractivity contribution is -0.131. The van der Waals surface area contributed by atoms with Crippen LogP contribution in [-0.4, -0.2) is 31.7 Å². The first-order valence-corrected chi connectivity index (χ1v) is 6.18. The number of nitrogens with zero attached hydrogens (tertiary/aromatic N) is 3. The van der Waals surface area contributed by atoms with Gasteiger partial charge in [0.2, 0.25) is 0 Å². The molecule has 2 heterocycles. The Kier molecular flexibility index (Phi) is 4.45. The van der Waals surface area contributed by atoms with Crippen LogP contribution in [0.3, 0.4) is 0 Å². The highest BCUT2D eigenvalue weighted by Crippen LogP contribution is 2.09. The fourth-order valence-corrected chi connectivity index (χ4v) is 1.75. The summed E-state index contributed by atoms with van der Waals surface area (Å²) in [6.45, 7) is 0.333. The van der Waals surface area contributed by atoms with Crippen LogP contribution in [0.15, 0.2) is 36.8 Å². The Morgan fingerprint density at radius 1 is 1.38 bits per heavy atom. The predicted octanol–water partition coefficient (Wildman–Crippen LogP) is 0.843. The zero-order valence-corrected chi connectivity index (χ0v) is 11.4. The molecule has 2 N–H and O–H groups in total. The molecule has 0 aliphatic rings. The molecule has 0 aromatic carbocycles. The molecular weight excluding hydrogens is 272 g/mol. The maximum absolute atomic E-state index is 12.2. The van der Waals surface area contributed by atoms with Crippen molar-refractivity contribution in [1.29, 1.82) is 0 Å². The average molecular weight is 286 g/mol. The van der Waals surface area contributed by atoms with Crippen molar-refractivity contribution < 1.29 is 14.7 Å². The summed E-state index contributed by atoms with van der Waals surface area (Å²) in [5, 5.41) is 15.4. The lowest BCUT2D eigenvalue weighted by atomic mass is 10.1. The molecule has 0 saturated heterocycles. The minimum atomic E-state index is -1.08. The number of rotatable bonds is 5. The van der Waals surface area contributed by atoms with E-state index in [1.165, 1.54) is 18.5 Å². The van der Waals surface area contributed by atoms with Crippen molar-refractivity contribution >= 4 is 18.0 Å². The quantitative estimate of drug-likeness (QED) is 0.794. The molecule has 0 aliphatic carbocycles. The van der Waals surface area contributed by atoms with E-state index in [0.717, 1.165) is 11.8 Å². The van der Waals surface area contributed by atoms with Gasteiger partial charge in [-0.2, -0.15) is 5.10 Å². The highest BCUT2D eigenvalue weighted by molar-refractivity contribution is 5.98. The number of hydrogen-bond acceptors (Lipinski definition) is 4. The molecule has 0 atom stereocenters. The van der Waals surface area contributed by atoms with Gasteiger partial charge in [0.15, 0.2) is 0 Å². The van der Waals surface area contributed by atoms with Crippen LogP contribution in [0.4, 0.5) is 0 Å². The largest absolute Gasteiger partial charge is 0.478 e. The van der Waals surface area contributed by atoms with Gasteiger partial charge < -0.3 is 10.4 Å². The summed E-state index contributed by atoms with van der Waals surface area (Å²) in [5.41, 5.74) is 1.67. The molecule has 0 aliphatic heterocycles. The van der Waals surface area contributed by atoms with Gasteiger partial charge in [0.1, 0.15) is 0 Å². The summed E-state index contributed by atoms with van der Waals surface area (Å²) < 4.78 is 1.66. The van der Waals surface area contributed by atoms with Gasteiger partial charge in [-0.1, -0.05) is 0 Å². The number of aryl methyl sites for hydroxylation is 1. The standard InChI is InChI=1S/C14H14N4O3/c1-18-11(4-7-17-18)9-16-14(21)12-5-6-15-8-10(12)2-3-13(19)20/h2-8H,9H2,1H3,(H,16,21)(H,19,20). The van der Waals surface area contributed by atoms with Crippen molar-refractivity contribution in [2.24, 2.45) is 7.05 Å². The molecular formula is C14H14N4O3. The number of carboxylic acids is 1. The molecule has 0 saturated carbocycles. The van der Waals surface area contributed by atoms with E-state index in [4.69, 9.17) is 5.11 Å². The van der Waals surface area contributed by atoms with Crippen LogP contribution < -0.4 is 5.32 Å². The lowest BCUT2D eigenvalue weighted by Gasteiger charge is -2.07. The first-order chi connectivity index (χ1) is 10.1. The van der Waals surface area contributed by atoms with E-state index in [1.54, 1.807) is 30.1 Å². The van der Waals surface area contributed by atoms with Crippen molar-refractivity contribution in [3.05, 3.63) is 53.6 Å². The zero-order valence-electron chi connectivity index (χ0n) is 11.4. The van der Waals surface area contributed by atoms with Gasteiger partial charge in [0.05, 0.1) is 12.2 Å². The van der Waals surface area contributed by atoms with E-state index in [-0.39, 0.29) is 5.91 Å². The molecule has 7 heteroatoms. The fraction of sp³-hybridized carbons (Fsp3) is 0.143. The molecule has 0 unspecified atom stereocenters. The average Bonchev–Trinajstić information content (AvgIpc) is 2.88. The fourth-order valence-electron chi connectivity index (χ4n) is 1.75. The molecule has 2 rings (SSSR count). The molecule has 7 nitrogen and oxygen atoms in total. The van der Waals surface area contributed by atoms with E-state index >= 15 is 0 Å². The second-order valence-electron chi connectivity index (χ2n) is 4.26. The van der Waals surface area contributed by atoms with Crippen LogP contribution in [0.1, 0.15) is 21.6 Å². The van der Waals surface area contributed by atoms with E-state index in [1.807, 2.05) is 0 Å². The number of hydrogen-bond donors (Lipinski definition) is 2. The van der Waals surface area contributed by atoms with Crippen molar-refractivity contribution in [3.8, 4) is 0 Å². The van der Waals surface area contributed by atoms with Crippen molar-refractivity contribution in [3.63, 3.8) is 0 Å². The molecule has 1 amide bonds. The third kappa shape index (κ3) is 3.75. The Bertz CT molecular complexity index is 691. The minimum Gasteiger partial charge on any atom is -0.478 e. The molecule has 0 spiro atoms. The Morgan fingerprint density at radius 3 is 2.86 bits per heavy atom. The van der Waals surface area contributed by atoms with Crippen LogP contribution in [0.2, 0.25) is 0 Å². The lowest BCUT2D eigenvalue weighted by Crippen LogP contribution is -2.24. The molecule has 0 bridgehead atoms. The Morgan fingerprint density at radius 2 is 2.19 bits per heavy atom. The molecule has 0 radical (unpaired) electrons. The van der Waals surface area contributed by atoms with Gasteiger partial charge in [-0.3, -0.25) is 14.5 Å². The number of amides is 1. The number of pyridine rings is 1. The van der Waals surface area contributed by atoms with Gasteiger partial charge in [-0.05, 0) is 18.2 Å². The van der Waals surface area contributed by atoms with Crippen LogP contribution >= 0.6 is 0 Å². The number of carboxylic acid groups (broad SMARTS) is 1. The summed E-state index contributed by atoms with van der Waals surface area (Å²) in [6.07, 6.45) is 6.88. The Labute approximate surface area is 120 Å². The number of aromatic nitrogens is 3. The number of carbonyl (C=O) groups is 2. The summed E-state index contributed by atoms with van der Waals surface area (Å²) >= 11 is 0. The highest BCUT2D eigenvalue weighted by Gasteiger charge is 2.10. The smallest absolute Gasteiger partial charge is 0.328 e. The maximum Gasteiger partial charge on any atom is 0.328 e. The van der Waals surface area contributed by atoms with Gasteiger partial charge in [-0.15, -0.1) is 0 Å². The molecule has 2 aromatic heterocycles. The van der Waals surface area contributed by atoms with Crippen molar-refractivity contribution in [2.75, 3.05) is 0 Å². The maximum atomic E-state index is 12.2. The predicted molar refractivity (Wildman–Crippen MR) is 75.3 cm³/mol. The van der Waals surface area contributed by atoms with Crippen molar-refractivity contribution in [1.82, 2.24) is 20.1 Å². The van der Waals surface area contributed by atoms with Crippen molar-refractivity contribution in [2.45, 2.75) is 6.54 Å². The van der Waals surface area contributed by atoms with E-state index in [0.29, 0.717) is 17.7 Å². The SMILES string of the molecule is Cn1nccc1CNC(=O)c1ccncc1C=CC(=O)O. The highest BCUT2D eigenvalue weighted by atomic mass is 16.4. The van der Waals surface area contributed by atoms with Gasteiger partial charge in [0, 0.05) is 42.8 Å². The monoisotopic (exact) mass is 286 g/mol. The van der Waals surface area contributed by atoms with Crippen LogP contribution in [-0.2, 0) is 18.4 Å². The Balaban J connectivity index is 2.12. The van der Waals surface area contributed by atoms with Crippen LogP contribution in [0.25, 0.3) is 6.08 Å². The van der Waals surface area contributed by atoms with E-state index in [2.05, 4.69) is 15.4 Å². The second-order valence-corrected chi connectivity index (χ2v) is 4.26. The summed E-state index contributed by atoms with van der Waals surface area (Å²) in [4.78, 5) is 26.6. The molecule has 108 valence electrons. The number of nitrogens with one attached hydrogen (secondary N) is 1. The summed E-state index contributed by atoms with van der Waals surface area (Å²) in [7, 11) is 1.79. The van der Waals surface area contributed by atoms with Crippen LogP contribution in [0, 0.1) is 0 Å². The molecule has 21 heavy (non-hydrogen) atoms. The third-order valence-corrected chi connectivity index (χ3v) is 2.85. The summed E-state index contributed by atoms with van der Waals surface area (Å²) in [5.74, 6) is -1.39. The third-order valence-electron chi connectivity index (χ3n) is 2.85. The number of carbonyl (C=O) groups excluding carboxylic acids is 1. The van der Waals surface area contributed by atoms with Crippen LogP contribution in [0.5, 0.6) is 0 Å². The second kappa shape index (κ2) is 6.47.